The minimum Gasteiger partial charge on any atom is -0.321 e. The lowest BCUT2D eigenvalue weighted by atomic mass is 10.1. The summed E-state index contributed by atoms with van der Waals surface area (Å²) in [6.07, 6.45) is 0.804. The van der Waals surface area contributed by atoms with E-state index < -0.39 is 5.91 Å². The molecule has 2 heterocycles. The highest BCUT2D eigenvalue weighted by molar-refractivity contribution is 6.08. The molecule has 29 heavy (non-hydrogen) atoms. The van der Waals surface area contributed by atoms with Crippen LogP contribution in [0.1, 0.15) is 43.8 Å². The zero-order valence-corrected chi connectivity index (χ0v) is 15.9. The normalized spacial score (nSPS) is 12.4. The van der Waals surface area contributed by atoms with Gasteiger partial charge in [0.25, 0.3) is 11.8 Å². The lowest BCUT2D eigenvalue weighted by Gasteiger charge is -2.17. The molecule has 3 aromatic rings. The molecule has 1 aliphatic rings. The molecule has 0 saturated heterocycles. The van der Waals surface area contributed by atoms with E-state index >= 15 is 0 Å². The number of carbonyl (C=O) groups is 3. The average Bonchev–Trinajstić information content (AvgIpc) is 3.18. The maximum Gasteiger partial charge on any atom is 0.276 e. The molecule has 0 unspecified atom stereocenters. The van der Waals surface area contributed by atoms with Crippen molar-refractivity contribution in [1.82, 2.24) is 4.98 Å². The van der Waals surface area contributed by atoms with Gasteiger partial charge in [0, 0.05) is 23.5 Å². The van der Waals surface area contributed by atoms with Crippen molar-refractivity contribution in [2.45, 2.75) is 13.3 Å². The van der Waals surface area contributed by atoms with Crippen molar-refractivity contribution in [1.29, 1.82) is 0 Å². The number of nitrogens with zero attached hydrogens (tertiary/aromatic N) is 2. The zero-order chi connectivity index (χ0) is 20.4. The Hall–Kier alpha value is -3.80. The topological polar surface area (TPSA) is 79.4 Å². The van der Waals surface area contributed by atoms with Gasteiger partial charge in [0.05, 0.1) is 0 Å². The Morgan fingerprint density at radius 1 is 0.897 bits per heavy atom. The number of pyridine rings is 1. The first-order chi connectivity index (χ1) is 14.0. The van der Waals surface area contributed by atoms with E-state index in [4.69, 9.17) is 0 Å². The summed E-state index contributed by atoms with van der Waals surface area (Å²) in [5.74, 6) is -0.688. The average molecular weight is 385 g/mol. The van der Waals surface area contributed by atoms with Crippen molar-refractivity contribution < 1.29 is 14.4 Å². The van der Waals surface area contributed by atoms with Gasteiger partial charge in [0.2, 0.25) is 0 Å². The molecule has 6 nitrogen and oxygen atoms in total. The Morgan fingerprint density at radius 2 is 1.62 bits per heavy atom. The highest BCUT2D eigenvalue weighted by atomic mass is 16.2. The molecule has 1 N–H and O–H groups in total. The minimum absolute atomic E-state index is 0.0424. The van der Waals surface area contributed by atoms with Crippen LogP contribution in [0.25, 0.3) is 0 Å². The maximum absolute atomic E-state index is 12.9. The van der Waals surface area contributed by atoms with Crippen LogP contribution in [0.3, 0.4) is 0 Å². The molecule has 0 radical (unpaired) electrons. The van der Waals surface area contributed by atoms with E-state index in [2.05, 4.69) is 10.3 Å². The fraction of sp³-hybridized carbons (Fsp3) is 0.130. The number of anilines is 2. The Bertz CT molecular complexity index is 1110. The van der Waals surface area contributed by atoms with Crippen LogP contribution >= 0.6 is 0 Å². The number of hydrogen-bond donors (Lipinski definition) is 1. The number of para-hydroxylation sites is 1. The number of hydrogen-bond acceptors (Lipinski definition) is 4. The van der Waals surface area contributed by atoms with Gasteiger partial charge < -0.3 is 10.2 Å². The van der Waals surface area contributed by atoms with E-state index in [1.165, 1.54) is 6.92 Å². The smallest absolute Gasteiger partial charge is 0.276 e. The second-order valence-corrected chi connectivity index (χ2v) is 6.83. The molecule has 0 bridgehead atoms. The molecule has 0 saturated carbocycles. The monoisotopic (exact) mass is 385 g/mol. The Labute approximate surface area is 168 Å². The summed E-state index contributed by atoms with van der Waals surface area (Å²) in [5, 5.41) is 2.74. The van der Waals surface area contributed by atoms with Crippen molar-refractivity contribution in [2.75, 3.05) is 16.8 Å². The van der Waals surface area contributed by atoms with Gasteiger partial charge in [-0.25, -0.2) is 4.98 Å². The Morgan fingerprint density at radius 3 is 2.38 bits per heavy atom. The second-order valence-electron chi connectivity index (χ2n) is 6.83. The van der Waals surface area contributed by atoms with Gasteiger partial charge in [-0.2, -0.15) is 0 Å². The molecule has 1 aromatic heterocycles. The van der Waals surface area contributed by atoms with E-state index in [1.807, 2.05) is 24.3 Å². The van der Waals surface area contributed by atoms with Crippen molar-refractivity contribution >= 4 is 29.0 Å². The number of fused-ring (bicyclic) bond motifs is 1. The van der Waals surface area contributed by atoms with Crippen LogP contribution in [0.5, 0.6) is 0 Å². The molecule has 0 aliphatic carbocycles. The largest absolute Gasteiger partial charge is 0.321 e. The van der Waals surface area contributed by atoms with Gasteiger partial charge in [-0.3, -0.25) is 14.4 Å². The van der Waals surface area contributed by atoms with Crippen molar-refractivity contribution in [2.24, 2.45) is 0 Å². The molecule has 1 aliphatic heterocycles. The van der Waals surface area contributed by atoms with Gasteiger partial charge in [0.15, 0.2) is 5.78 Å². The fourth-order valence-electron chi connectivity index (χ4n) is 3.35. The molecule has 0 atom stereocenters. The number of benzene rings is 2. The van der Waals surface area contributed by atoms with Crippen LogP contribution in [0, 0.1) is 0 Å². The van der Waals surface area contributed by atoms with E-state index in [1.54, 1.807) is 47.4 Å². The number of aromatic nitrogens is 1. The van der Waals surface area contributed by atoms with Crippen LogP contribution in [-0.2, 0) is 6.42 Å². The maximum atomic E-state index is 12.9. The summed E-state index contributed by atoms with van der Waals surface area (Å²) in [6.45, 7) is 2.08. The number of nitrogens with one attached hydrogen (secondary N) is 1. The number of carbonyl (C=O) groups excluding carboxylic acids is 3. The quantitative estimate of drug-likeness (QED) is 0.694. The van der Waals surface area contributed by atoms with Crippen LogP contribution < -0.4 is 10.2 Å². The third-order valence-electron chi connectivity index (χ3n) is 4.88. The Kier molecular flexibility index (Phi) is 4.91. The zero-order valence-electron chi connectivity index (χ0n) is 15.9. The number of ketones is 1. The summed E-state index contributed by atoms with van der Waals surface area (Å²) in [6, 6.07) is 19.2. The van der Waals surface area contributed by atoms with Gasteiger partial charge in [-0.15, -0.1) is 0 Å². The summed E-state index contributed by atoms with van der Waals surface area (Å²) in [5.41, 5.74) is 3.51. The van der Waals surface area contributed by atoms with Gasteiger partial charge in [-0.05, 0) is 61.4 Å². The highest BCUT2D eigenvalue weighted by Gasteiger charge is 2.26. The molecule has 0 spiro atoms. The third kappa shape index (κ3) is 3.78. The molecular formula is C23H19N3O3. The summed E-state index contributed by atoms with van der Waals surface area (Å²) >= 11 is 0. The van der Waals surface area contributed by atoms with Crippen molar-refractivity contribution in [3.05, 3.63) is 89.2 Å². The summed E-state index contributed by atoms with van der Waals surface area (Å²) in [7, 11) is 0. The molecule has 2 amide bonds. The van der Waals surface area contributed by atoms with Gasteiger partial charge in [0.1, 0.15) is 11.4 Å². The molecular weight excluding hydrogens is 366 g/mol. The standard InChI is InChI=1S/C23H19N3O3/c1-15(27)16-9-11-18(12-10-16)24-22(28)19-6-4-7-20(25-19)23(29)26-14-13-17-5-2-3-8-21(17)26/h2-12H,13-14H2,1H3,(H,24,28). The molecule has 4 rings (SSSR count). The van der Waals surface area contributed by atoms with Crippen LogP contribution in [0.4, 0.5) is 11.4 Å². The Balaban J connectivity index is 1.52. The van der Waals surface area contributed by atoms with Crippen LogP contribution in [0.2, 0.25) is 0 Å². The summed E-state index contributed by atoms with van der Waals surface area (Å²) in [4.78, 5) is 42.8. The van der Waals surface area contributed by atoms with Gasteiger partial charge >= 0.3 is 0 Å². The number of amides is 2. The highest BCUT2D eigenvalue weighted by Crippen LogP contribution is 2.28. The van der Waals surface area contributed by atoms with Crippen LogP contribution in [-0.4, -0.2) is 29.1 Å². The predicted molar refractivity (Wildman–Crippen MR) is 110 cm³/mol. The predicted octanol–water partition coefficient (Wildman–Crippen LogP) is 3.74. The fourth-order valence-corrected chi connectivity index (χ4v) is 3.35. The van der Waals surface area contributed by atoms with E-state index in [0.29, 0.717) is 17.8 Å². The first-order valence-corrected chi connectivity index (χ1v) is 9.32. The lowest BCUT2D eigenvalue weighted by Crippen LogP contribution is -2.30. The third-order valence-corrected chi connectivity index (χ3v) is 4.88. The lowest BCUT2D eigenvalue weighted by molar-refractivity contribution is 0.0981. The number of rotatable bonds is 4. The first kappa shape index (κ1) is 18.6. The van der Waals surface area contributed by atoms with E-state index in [9.17, 15) is 14.4 Å². The van der Waals surface area contributed by atoms with Crippen LogP contribution in [0.15, 0.2) is 66.7 Å². The van der Waals surface area contributed by atoms with E-state index in [0.717, 1.165) is 17.7 Å². The minimum atomic E-state index is -0.419. The molecule has 144 valence electrons. The molecule has 2 aromatic carbocycles. The number of Topliss-reactive ketones (excluding diaryl/α,β-unsaturated/α-hetero) is 1. The SMILES string of the molecule is CC(=O)c1ccc(NC(=O)c2cccc(C(=O)N3CCc4ccccc43)n2)cc1. The first-order valence-electron chi connectivity index (χ1n) is 9.32. The summed E-state index contributed by atoms with van der Waals surface area (Å²) < 4.78 is 0. The van der Waals surface area contributed by atoms with E-state index in [-0.39, 0.29) is 23.1 Å². The van der Waals surface area contributed by atoms with Gasteiger partial charge in [-0.1, -0.05) is 24.3 Å². The second kappa shape index (κ2) is 7.67. The van der Waals surface area contributed by atoms with Crippen molar-refractivity contribution in [3.63, 3.8) is 0 Å². The van der Waals surface area contributed by atoms with Crippen molar-refractivity contribution in [3.8, 4) is 0 Å². The molecule has 6 heteroatoms. The molecule has 0 fully saturated rings.